The highest BCUT2D eigenvalue weighted by Gasteiger charge is 2.31. The summed E-state index contributed by atoms with van der Waals surface area (Å²) in [5.74, 6) is -4.37. The number of carboxylic acid groups (broad SMARTS) is 1. The number of nitrogens with zero attached hydrogens (tertiary/aromatic N) is 2. The topological polar surface area (TPSA) is 271 Å². The number of carboxylic acids is 1. The zero-order chi connectivity index (χ0) is 30.6. The fraction of sp³-hybridized carbons (Fsp3) is 0.346. The molecule has 42 heavy (non-hydrogen) atoms. The number of aliphatic carboxylic acids is 1. The van der Waals surface area contributed by atoms with Crippen molar-refractivity contribution in [1.82, 2.24) is 35.9 Å². The summed E-state index contributed by atoms with van der Waals surface area (Å²) in [6.07, 6.45) is 5.21. The van der Waals surface area contributed by atoms with Crippen molar-refractivity contribution in [3.63, 3.8) is 0 Å². The molecule has 2 heterocycles. The van der Waals surface area contributed by atoms with E-state index in [0.717, 1.165) is 0 Å². The van der Waals surface area contributed by atoms with Gasteiger partial charge in [0.2, 0.25) is 23.6 Å². The fourth-order valence-corrected chi connectivity index (χ4v) is 4.00. The number of hydrogen-bond donors (Lipinski definition) is 9. The molecule has 4 atom stereocenters. The number of aromatic hydroxyl groups is 1. The van der Waals surface area contributed by atoms with Gasteiger partial charge in [0.05, 0.1) is 18.7 Å². The standard InChI is InChI=1S/C26H33N9O7/c27-18(8-15-10-29-12-31-15)23(38)34-20(7-14-1-3-17(36)4-2-14)24(39)35-21(9-16-11-30-13-32-16)25(40)33-19(26(41)42)5-6-22(28)37/h1-4,10-13,18-21,36H,5-9,27H2,(H2,28,37)(H,29,31)(H,30,32)(H,33,40)(H,34,38)(H,35,39)(H,41,42). The summed E-state index contributed by atoms with van der Waals surface area (Å²) in [6.45, 7) is 0. The lowest BCUT2D eigenvalue weighted by atomic mass is 10.0. The number of hydrogen-bond acceptors (Lipinski definition) is 9. The van der Waals surface area contributed by atoms with E-state index in [1.165, 1.54) is 37.2 Å². The van der Waals surface area contributed by atoms with Crippen LogP contribution in [-0.4, -0.2) is 83.9 Å². The van der Waals surface area contributed by atoms with E-state index in [2.05, 4.69) is 35.9 Å². The van der Waals surface area contributed by atoms with Crippen LogP contribution in [0.25, 0.3) is 0 Å². The molecule has 0 fully saturated rings. The molecule has 0 saturated carbocycles. The Morgan fingerprint density at radius 2 is 1.31 bits per heavy atom. The Morgan fingerprint density at radius 1 is 0.786 bits per heavy atom. The number of imidazole rings is 2. The number of primary amides is 1. The minimum atomic E-state index is -1.45. The number of carbonyl (C=O) groups is 5. The van der Waals surface area contributed by atoms with Crippen molar-refractivity contribution in [2.45, 2.75) is 56.3 Å². The maximum absolute atomic E-state index is 13.6. The second kappa shape index (κ2) is 14.9. The van der Waals surface area contributed by atoms with Crippen LogP contribution in [0.3, 0.4) is 0 Å². The average Bonchev–Trinajstić information content (AvgIpc) is 3.65. The second-order valence-corrected chi connectivity index (χ2v) is 9.57. The molecular formula is C26H33N9O7. The summed E-state index contributed by atoms with van der Waals surface area (Å²) in [5, 5.41) is 26.7. The number of benzene rings is 1. The molecule has 16 heteroatoms. The van der Waals surface area contributed by atoms with Crippen LogP contribution in [-0.2, 0) is 43.2 Å². The predicted molar refractivity (Wildman–Crippen MR) is 146 cm³/mol. The number of phenolic OH excluding ortho intramolecular Hbond substituents is 1. The molecule has 0 aliphatic rings. The monoisotopic (exact) mass is 583 g/mol. The highest BCUT2D eigenvalue weighted by Crippen LogP contribution is 2.12. The first-order valence-electron chi connectivity index (χ1n) is 12.9. The summed E-state index contributed by atoms with van der Waals surface area (Å²) in [7, 11) is 0. The largest absolute Gasteiger partial charge is 0.508 e. The smallest absolute Gasteiger partial charge is 0.326 e. The number of amides is 4. The number of nitrogens with two attached hydrogens (primary N) is 2. The van der Waals surface area contributed by atoms with E-state index in [-0.39, 0.29) is 37.9 Å². The third-order valence-electron chi connectivity index (χ3n) is 6.25. The first-order chi connectivity index (χ1) is 20.0. The minimum Gasteiger partial charge on any atom is -0.508 e. The molecular weight excluding hydrogens is 550 g/mol. The summed E-state index contributed by atoms with van der Waals surface area (Å²) in [4.78, 5) is 76.0. The van der Waals surface area contributed by atoms with Gasteiger partial charge in [-0.2, -0.15) is 0 Å². The summed E-state index contributed by atoms with van der Waals surface area (Å²) >= 11 is 0. The molecule has 16 nitrogen and oxygen atoms in total. The molecule has 0 saturated heterocycles. The Balaban J connectivity index is 1.80. The van der Waals surface area contributed by atoms with Gasteiger partial charge in [0.25, 0.3) is 0 Å². The van der Waals surface area contributed by atoms with Crippen LogP contribution in [0.1, 0.15) is 29.8 Å². The lowest BCUT2D eigenvalue weighted by Gasteiger charge is -2.25. The zero-order valence-electron chi connectivity index (χ0n) is 22.4. The lowest BCUT2D eigenvalue weighted by molar-refractivity contribution is -0.142. The Labute approximate surface area is 239 Å². The van der Waals surface area contributed by atoms with Crippen molar-refractivity contribution < 1.29 is 34.2 Å². The van der Waals surface area contributed by atoms with Crippen LogP contribution in [0, 0.1) is 0 Å². The minimum absolute atomic E-state index is 0.00554. The van der Waals surface area contributed by atoms with Crippen molar-refractivity contribution in [2.75, 3.05) is 0 Å². The van der Waals surface area contributed by atoms with Gasteiger partial charge in [-0.25, -0.2) is 14.8 Å². The Morgan fingerprint density at radius 3 is 1.83 bits per heavy atom. The molecule has 224 valence electrons. The first-order valence-corrected chi connectivity index (χ1v) is 12.9. The zero-order valence-corrected chi connectivity index (χ0v) is 22.4. The quantitative estimate of drug-likeness (QED) is 0.0894. The number of H-pyrrole nitrogens is 2. The highest BCUT2D eigenvalue weighted by molar-refractivity contribution is 5.94. The third kappa shape index (κ3) is 9.74. The number of rotatable bonds is 16. The van der Waals surface area contributed by atoms with Crippen molar-refractivity contribution in [1.29, 1.82) is 0 Å². The normalized spacial score (nSPS) is 13.7. The van der Waals surface area contributed by atoms with Crippen LogP contribution in [0.15, 0.2) is 49.3 Å². The van der Waals surface area contributed by atoms with Crippen LogP contribution < -0.4 is 27.4 Å². The lowest BCUT2D eigenvalue weighted by Crippen LogP contribution is -2.58. The van der Waals surface area contributed by atoms with Crippen LogP contribution in [0.4, 0.5) is 0 Å². The molecule has 1 aromatic carbocycles. The number of carbonyl (C=O) groups excluding carboxylic acids is 4. The third-order valence-corrected chi connectivity index (χ3v) is 6.25. The molecule has 2 aromatic heterocycles. The van der Waals surface area contributed by atoms with E-state index in [1.807, 2.05) is 0 Å². The molecule has 0 aliphatic carbocycles. The van der Waals surface area contributed by atoms with Crippen molar-refractivity contribution in [3.8, 4) is 5.75 Å². The van der Waals surface area contributed by atoms with Gasteiger partial charge >= 0.3 is 5.97 Å². The van der Waals surface area contributed by atoms with Gasteiger partial charge in [-0.1, -0.05) is 12.1 Å². The molecule has 0 radical (unpaired) electrons. The van der Waals surface area contributed by atoms with Gasteiger partial charge in [0.1, 0.15) is 23.9 Å². The van der Waals surface area contributed by atoms with Crippen LogP contribution >= 0.6 is 0 Å². The van der Waals surface area contributed by atoms with Crippen molar-refractivity contribution >= 4 is 29.6 Å². The Kier molecular flexibility index (Phi) is 11.1. The van der Waals surface area contributed by atoms with Gasteiger partial charge in [-0.15, -0.1) is 0 Å². The second-order valence-electron chi connectivity index (χ2n) is 9.57. The molecule has 3 rings (SSSR count). The number of aromatic amines is 2. The van der Waals surface area contributed by atoms with Gasteiger partial charge in [0.15, 0.2) is 0 Å². The number of nitrogens with one attached hydrogen (secondary N) is 5. The number of phenols is 1. The van der Waals surface area contributed by atoms with Gasteiger partial charge in [0, 0.05) is 49.5 Å². The Hall–Kier alpha value is -5.25. The van der Waals surface area contributed by atoms with Crippen molar-refractivity contribution in [2.24, 2.45) is 11.5 Å². The maximum Gasteiger partial charge on any atom is 0.326 e. The molecule has 4 unspecified atom stereocenters. The van der Waals surface area contributed by atoms with Crippen LogP contribution in [0.5, 0.6) is 5.75 Å². The molecule has 3 aromatic rings. The molecule has 4 amide bonds. The van der Waals surface area contributed by atoms with Crippen molar-refractivity contribution in [3.05, 3.63) is 66.3 Å². The molecule has 0 bridgehead atoms. The van der Waals surface area contributed by atoms with E-state index >= 15 is 0 Å². The van der Waals surface area contributed by atoms with E-state index in [9.17, 15) is 34.2 Å². The van der Waals surface area contributed by atoms with E-state index in [1.54, 1.807) is 12.1 Å². The van der Waals surface area contributed by atoms with E-state index < -0.39 is 53.8 Å². The first kappa shape index (κ1) is 31.3. The summed E-state index contributed by atoms with van der Waals surface area (Å²) < 4.78 is 0. The fourth-order valence-electron chi connectivity index (χ4n) is 4.00. The summed E-state index contributed by atoms with van der Waals surface area (Å²) in [5.41, 5.74) is 12.8. The SMILES string of the molecule is NC(=O)CCC(NC(=O)C(Cc1cnc[nH]1)NC(=O)C(Cc1ccc(O)cc1)NC(=O)C(N)Cc1cnc[nH]1)C(=O)O. The van der Waals surface area contributed by atoms with Gasteiger partial charge in [-0.05, 0) is 24.1 Å². The van der Waals surface area contributed by atoms with Crippen LogP contribution in [0.2, 0.25) is 0 Å². The Bertz CT molecular complexity index is 1340. The summed E-state index contributed by atoms with van der Waals surface area (Å²) in [6, 6.07) is 0.980. The predicted octanol–water partition coefficient (Wildman–Crippen LogP) is -2.00. The molecule has 11 N–H and O–H groups in total. The van der Waals surface area contributed by atoms with E-state index in [4.69, 9.17) is 11.5 Å². The van der Waals surface area contributed by atoms with Gasteiger partial charge < -0.3 is 47.6 Å². The average molecular weight is 584 g/mol. The molecule has 0 aliphatic heterocycles. The van der Waals surface area contributed by atoms with E-state index in [0.29, 0.717) is 17.0 Å². The number of aromatic nitrogens is 4. The maximum atomic E-state index is 13.6. The highest BCUT2D eigenvalue weighted by atomic mass is 16.4. The molecule has 0 spiro atoms. The van der Waals surface area contributed by atoms with Gasteiger partial charge in [-0.3, -0.25) is 19.2 Å².